The van der Waals surface area contributed by atoms with Crippen LogP contribution in [0.4, 0.5) is 19.1 Å². The van der Waals surface area contributed by atoms with Gasteiger partial charge in [0.25, 0.3) is 0 Å². The first-order valence-corrected chi connectivity index (χ1v) is 6.30. The Kier molecular flexibility index (Phi) is 3.02. The molecule has 1 aromatic rings. The van der Waals surface area contributed by atoms with Gasteiger partial charge in [0, 0.05) is 44.5 Å². The summed E-state index contributed by atoms with van der Waals surface area (Å²) >= 11 is 0. The number of rotatable bonds is 3. The molecule has 20 heavy (non-hydrogen) atoms. The second-order valence-electron chi connectivity index (χ2n) is 5.22. The van der Waals surface area contributed by atoms with Crippen molar-refractivity contribution in [1.82, 2.24) is 14.9 Å². The van der Waals surface area contributed by atoms with E-state index in [1.807, 2.05) is 0 Å². The summed E-state index contributed by atoms with van der Waals surface area (Å²) in [4.78, 5) is 21.8. The van der Waals surface area contributed by atoms with Crippen LogP contribution in [0.5, 0.6) is 0 Å². The lowest BCUT2D eigenvalue weighted by atomic mass is 9.94. The number of hydrogen-bond acceptors (Lipinski definition) is 4. The van der Waals surface area contributed by atoms with Gasteiger partial charge in [0.15, 0.2) is 0 Å². The van der Waals surface area contributed by atoms with Gasteiger partial charge in [-0.1, -0.05) is 0 Å². The van der Waals surface area contributed by atoms with Crippen molar-refractivity contribution in [3.8, 4) is 0 Å². The molecule has 1 amide bonds. The minimum atomic E-state index is -4.14. The zero-order valence-corrected chi connectivity index (χ0v) is 10.5. The van der Waals surface area contributed by atoms with E-state index in [0.29, 0.717) is 19.0 Å². The Morgan fingerprint density at radius 3 is 2.25 bits per heavy atom. The quantitative estimate of drug-likeness (QED) is 0.779. The summed E-state index contributed by atoms with van der Waals surface area (Å²) < 4.78 is 37.1. The number of nitrogens with zero attached hydrogens (tertiary/aromatic N) is 4. The van der Waals surface area contributed by atoms with Gasteiger partial charge in [0.05, 0.1) is 5.92 Å². The highest BCUT2D eigenvalue weighted by Gasteiger charge is 2.47. The lowest BCUT2D eigenvalue weighted by Crippen LogP contribution is -2.54. The molecule has 0 atom stereocenters. The fraction of sp³-hybridized carbons (Fsp3) is 0.583. The molecule has 0 radical (unpaired) electrons. The Labute approximate surface area is 113 Å². The molecule has 0 spiro atoms. The Morgan fingerprint density at radius 1 is 1.15 bits per heavy atom. The van der Waals surface area contributed by atoms with E-state index in [-0.39, 0.29) is 19.0 Å². The van der Waals surface area contributed by atoms with E-state index < -0.39 is 12.1 Å². The number of carbonyl (C=O) groups is 1. The van der Waals surface area contributed by atoms with Crippen LogP contribution in [-0.4, -0.2) is 53.6 Å². The lowest BCUT2D eigenvalue weighted by molar-refractivity contribution is -0.180. The molecule has 5 nitrogen and oxygen atoms in total. The third-order valence-corrected chi connectivity index (χ3v) is 3.82. The van der Waals surface area contributed by atoms with Gasteiger partial charge < -0.3 is 9.80 Å². The standard InChI is InChI=1S/C12H13F3N4O/c13-12(14,15)10-5-19(6-10)11-16-1-8(2-17-11)9-3-18(4-9)7-20/h1-2,7,9-10H,3-6H2. The molecule has 8 heteroatoms. The number of halogens is 3. The summed E-state index contributed by atoms with van der Waals surface area (Å²) in [5.74, 6) is -0.715. The number of anilines is 1. The minimum absolute atomic E-state index is 0.0782. The monoisotopic (exact) mass is 286 g/mol. The molecule has 0 saturated carbocycles. The molecule has 0 N–H and O–H groups in total. The number of carbonyl (C=O) groups excluding carboxylic acids is 1. The average molecular weight is 286 g/mol. The van der Waals surface area contributed by atoms with Gasteiger partial charge in [-0.25, -0.2) is 9.97 Å². The summed E-state index contributed by atoms with van der Waals surface area (Å²) in [6, 6.07) is 0. The van der Waals surface area contributed by atoms with E-state index in [4.69, 9.17) is 0 Å². The van der Waals surface area contributed by atoms with Gasteiger partial charge in [-0.2, -0.15) is 13.2 Å². The molecule has 0 unspecified atom stereocenters. The fourth-order valence-electron chi connectivity index (χ4n) is 2.36. The number of amides is 1. The van der Waals surface area contributed by atoms with Crippen molar-refractivity contribution in [3.63, 3.8) is 0 Å². The number of hydrogen-bond donors (Lipinski definition) is 0. The molecule has 2 aliphatic heterocycles. The van der Waals surface area contributed by atoms with Crippen LogP contribution in [0.2, 0.25) is 0 Å². The molecule has 3 heterocycles. The first kappa shape index (κ1) is 13.1. The summed E-state index contributed by atoms with van der Waals surface area (Å²) in [5.41, 5.74) is 0.916. The van der Waals surface area contributed by atoms with Crippen LogP contribution in [-0.2, 0) is 4.79 Å². The maximum atomic E-state index is 12.4. The van der Waals surface area contributed by atoms with Crippen LogP contribution in [0.1, 0.15) is 11.5 Å². The predicted molar refractivity (Wildman–Crippen MR) is 64.2 cm³/mol. The third-order valence-electron chi connectivity index (χ3n) is 3.82. The van der Waals surface area contributed by atoms with Crippen LogP contribution in [0.25, 0.3) is 0 Å². The number of alkyl halides is 3. The van der Waals surface area contributed by atoms with Crippen molar-refractivity contribution in [2.75, 3.05) is 31.1 Å². The Bertz CT molecular complexity index is 492. The summed E-state index contributed by atoms with van der Waals surface area (Å²) in [6.45, 7) is 1.13. The first-order valence-electron chi connectivity index (χ1n) is 6.30. The molecule has 2 aliphatic rings. The van der Waals surface area contributed by atoms with E-state index in [2.05, 4.69) is 9.97 Å². The van der Waals surface area contributed by atoms with Gasteiger partial charge in [0.1, 0.15) is 0 Å². The predicted octanol–water partition coefficient (Wildman–Crippen LogP) is 1.03. The topological polar surface area (TPSA) is 49.3 Å². The van der Waals surface area contributed by atoms with Crippen molar-refractivity contribution >= 4 is 12.4 Å². The molecule has 1 aromatic heterocycles. The van der Waals surface area contributed by atoms with E-state index in [1.165, 1.54) is 4.90 Å². The fourth-order valence-corrected chi connectivity index (χ4v) is 2.36. The van der Waals surface area contributed by atoms with Gasteiger partial charge >= 0.3 is 6.18 Å². The van der Waals surface area contributed by atoms with Crippen LogP contribution >= 0.6 is 0 Å². The molecule has 0 bridgehead atoms. The normalized spacial score (nSPS) is 20.6. The maximum Gasteiger partial charge on any atom is 0.395 e. The van der Waals surface area contributed by atoms with Gasteiger partial charge in [-0.15, -0.1) is 0 Å². The highest BCUT2D eigenvalue weighted by atomic mass is 19.4. The molecule has 3 rings (SSSR count). The lowest BCUT2D eigenvalue weighted by Gasteiger charge is -2.40. The van der Waals surface area contributed by atoms with E-state index in [0.717, 1.165) is 12.0 Å². The smallest absolute Gasteiger partial charge is 0.344 e. The third kappa shape index (κ3) is 2.30. The molecule has 2 saturated heterocycles. The van der Waals surface area contributed by atoms with E-state index >= 15 is 0 Å². The van der Waals surface area contributed by atoms with Crippen molar-refractivity contribution < 1.29 is 18.0 Å². The second-order valence-corrected chi connectivity index (χ2v) is 5.22. The van der Waals surface area contributed by atoms with Crippen LogP contribution in [0, 0.1) is 5.92 Å². The van der Waals surface area contributed by atoms with E-state index in [9.17, 15) is 18.0 Å². The molecular formula is C12H13F3N4O. The zero-order chi connectivity index (χ0) is 14.3. The van der Waals surface area contributed by atoms with Crippen molar-refractivity contribution in [2.24, 2.45) is 5.92 Å². The Hall–Kier alpha value is -1.86. The maximum absolute atomic E-state index is 12.4. The summed E-state index contributed by atoms with van der Waals surface area (Å²) in [5, 5.41) is 0. The molecule has 108 valence electrons. The second kappa shape index (κ2) is 4.60. The minimum Gasteiger partial charge on any atom is -0.344 e. The molecular weight excluding hydrogens is 273 g/mol. The van der Waals surface area contributed by atoms with Crippen molar-refractivity contribution in [3.05, 3.63) is 18.0 Å². The van der Waals surface area contributed by atoms with Crippen LogP contribution in [0.3, 0.4) is 0 Å². The zero-order valence-electron chi connectivity index (χ0n) is 10.5. The Morgan fingerprint density at radius 2 is 1.75 bits per heavy atom. The van der Waals surface area contributed by atoms with E-state index in [1.54, 1.807) is 17.3 Å². The number of likely N-dealkylation sites (tertiary alicyclic amines) is 1. The van der Waals surface area contributed by atoms with Crippen LogP contribution in [0.15, 0.2) is 12.4 Å². The molecule has 2 fully saturated rings. The van der Waals surface area contributed by atoms with Crippen molar-refractivity contribution in [2.45, 2.75) is 12.1 Å². The summed E-state index contributed by atoms with van der Waals surface area (Å²) in [7, 11) is 0. The first-order chi connectivity index (χ1) is 9.47. The summed E-state index contributed by atoms with van der Waals surface area (Å²) in [6.07, 6.45) is -0.0736. The Balaban J connectivity index is 1.57. The molecule has 0 aromatic carbocycles. The average Bonchev–Trinajstić information content (AvgIpc) is 2.26. The van der Waals surface area contributed by atoms with Crippen molar-refractivity contribution in [1.29, 1.82) is 0 Å². The SMILES string of the molecule is O=CN1CC(c2cnc(N3CC(C(F)(F)F)C3)nc2)C1. The highest BCUT2D eigenvalue weighted by molar-refractivity contribution is 5.50. The van der Waals surface area contributed by atoms with Crippen LogP contribution < -0.4 is 4.90 Å². The van der Waals surface area contributed by atoms with Gasteiger partial charge in [-0.3, -0.25) is 4.79 Å². The largest absolute Gasteiger partial charge is 0.395 e. The highest BCUT2D eigenvalue weighted by Crippen LogP contribution is 2.35. The van der Waals surface area contributed by atoms with Gasteiger partial charge in [0.2, 0.25) is 12.4 Å². The van der Waals surface area contributed by atoms with Gasteiger partial charge in [-0.05, 0) is 5.56 Å². The molecule has 0 aliphatic carbocycles. The number of aromatic nitrogens is 2.